The standard InChI is InChI=1S/C55H37NS/c1-4-17-38(18-5-1)39-19-14-20-40(35-39)41-21-15-26-44(36-41)56(43-24-8-3-9-25-43)45-33-34-52-48(37-45)54-51(31-16-32-53(54)57-52)55(42-22-6-2-7-23-42)49-29-12-10-27-46(49)47-28-11-13-30-50(47)55/h1-37H. The van der Waals surface area contributed by atoms with Crippen molar-refractivity contribution < 1.29 is 0 Å². The normalized spacial score (nSPS) is 12.7. The van der Waals surface area contributed by atoms with Gasteiger partial charge in [0.15, 0.2) is 0 Å². The zero-order valence-corrected chi connectivity index (χ0v) is 32.0. The van der Waals surface area contributed by atoms with E-state index >= 15 is 0 Å². The van der Waals surface area contributed by atoms with Crippen LogP contribution in [0.25, 0.3) is 53.6 Å². The van der Waals surface area contributed by atoms with Crippen molar-refractivity contribution in [3.8, 4) is 33.4 Å². The highest BCUT2D eigenvalue weighted by Crippen LogP contribution is 2.58. The van der Waals surface area contributed by atoms with Gasteiger partial charge < -0.3 is 4.90 Å². The lowest BCUT2D eigenvalue weighted by molar-refractivity contribution is 0.777. The fourth-order valence-electron chi connectivity index (χ4n) is 9.30. The summed E-state index contributed by atoms with van der Waals surface area (Å²) in [6, 6.07) is 82.4. The summed E-state index contributed by atoms with van der Waals surface area (Å²) in [6.07, 6.45) is 0. The molecule has 0 saturated heterocycles. The lowest BCUT2D eigenvalue weighted by Gasteiger charge is -2.34. The predicted molar refractivity (Wildman–Crippen MR) is 242 cm³/mol. The minimum absolute atomic E-state index is 0.486. The van der Waals surface area contributed by atoms with E-state index in [1.54, 1.807) is 0 Å². The maximum Gasteiger partial charge on any atom is 0.0720 e. The molecule has 0 N–H and O–H groups in total. The van der Waals surface area contributed by atoms with Crippen LogP contribution in [0, 0.1) is 0 Å². The van der Waals surface area contributed by atoms with E-state index < -0.39 is 5.41 Å². The summed E-state index contributed by atoms with van der Waals surface area (Å²) in [5.74, 6) is 0. The van der Waals surface area contributed by atoms with E-state index in [1.165, 1.54) is 75.8 Å². The molecule has 268 valence electrons. The van der Waals surface area contributed by atoms with Gasteiger partial charge in [0.25, 0.3) is 0 Å². The Labute approximate surface area is 337 Å². The molecule has 9 aromatic carbocycles. The molecule has 0 radical (unpaired) electrons. The van der Waals surface area contributed by atoms with Gasteiger partial charge in [-0.25, -0.2) is 0 Å². The zero-order valence-electron chi connectivity index (χ0n) is 31.2. The van der Waals surface area contributed by atoms with Gasteiger partial charge in [-0.2, -0.15) is 0 Å². The van der Waals surface area contributed by atoms with Crippen molar-refractivity contribution in [2.45, 2.75) is 5.41 Å². The molecule has 1 heterocycles. The Morgan fingerprint density at radius 1 is 0.333 bits per heavy atom. The Kier molecular flexibility index (Phi) is 7.98. The quantitative estimate of drug-likeness (QED) is 0.157. The zero-order chi connectivity index (χ0) is 37.8. The summed E-state index contributed by atoms with van der Waals surface area (Å²) in [6.45, 7) is 0. The molecule has 0 aliphatic heterocycles. The molecule has 0 spiro atoms. The molecule has 0 fully saturated rings. The highest BCUT2D eigenvalue weighted by molar-refractivity contribution is 7.25. The molecule has 0 atom stereocenters. The van der Waals surface area contributed by atoms with E-state index in [2.05, 4.69) is 229 Å². The molecule has 1 nitrogen and oxygen atoms in total. The van der Waals surface area contributed by atoms with Crippen molar-refractivity contribution >= 4 is 48.6 Å². The molecule has 1 aliphatic rings. The highest BCUT2D eigenvalue weighted by atomic mass is 32.1. The van der Waals surface area contributed by atoms with Crippen LogP contribution in [-0.2, 0) is 5.41 Å². The first-order valence-corrected chi connectivity index (χ1v) is 20.4. The number of nitrogens with zero attached hydrogens (tertiary/aromatic N) is 1. The summed E-state index contributed by atoms with van der Waals surface area (Å²) in [5, 5.41) is 2.59. The Balaban J connectivity index is 1.13. The van der Waals surface area contributed by atoms with Gasteiger partial charge in [0.05, 0.1) is 5.41 Å². The van der Waals surface area contributed by atoms with Gasteiger partial charge in [-0.05, 0) is 110 Å². The molecule has 0 bridgehead atoms. The van der Waals surface area contributed by atoms with E-state index in [1.807, 2.05) is 11.3 Å². The van der Waals surface area contributed by atoms with E-state index in [9.17, 15) is 0 Å². The van der Waals surface area contributed by atoms with Crippen LogP contribution >= 0.6 is 11.3 Å². The topological polar surface area (TPSA) is 3.24 Å². The molecule has 10 aromatic rings. The lowest BCUT2D eigenvalue weighted by Crippen LogP contribution is -2.28. The van der Waals surface area contributed by atoms with Gasteiger partial charge in [-0.1, -0.05) is 170 Å². The van der Waals surface area contributed by atoms with Crippen molar-refractivity contribution in [1.82, 2.24) is 0 Å². The largest absolute Gasteiger partial charge is 0.310 e. The molecule has 0 unspecified atom stereocenters. The number of fused-ring (bicyclic) bond motifs is 6. The van der Waals surface area contributed by atoms with Gasteiger partial charge in [0.1, 0.15) is 0 Å². The molecule has 0 saturated carbocycles. The third-order valence-corrected chi connectivity index (χ3v) is 12.9. The van der Waals surface area contributed by atoms with Crippen LogP contribution in [-0.4, -0.2) is 0 Å². The summed E-state index contributed by atoms with van der Waals surface area (Å²) >= 11 is 1.88. The van der Waals surface area contributed by atoms with Crippen molar-refractivity contribution in [2.75, 3.05) is 4.90 Å². The van der Waals surface area contributed by atoms with Gasteiger partial charge in [0.2, 0.25) is 0 Å². The molecule has 2 heteroatoms. The van der Waals surface area contributed by atoms with Gasteiger partial charge >= 0.3 is 0 Å². The Bertz CT molecular complexity index is 3030. The maximum atomic E-state index is 2.43. The summed E-state index contributed by atoms with van der Waals surface area (Å²) in [4.78, 5) is 2.41. The van der Waals surface area contributed by atoms with Crippen LogP contribution < -0.4 is 4.90 Å². The number of hydrogen-bond acceptors (Lipinski definition) is 2. The van der Waals surface area contributed by atoms with Crippen LogP contribution in [0.15, 0.2) is 224 Å². The van der Waals surface area contributed by atoms with E-state index in [0.717, 1.165) is 17.1 Å². The van der Waals surface area contributed by atoms with Crippen LogP contribution in [0.2, 0.25) is 0 Å². The van der Waals surface area contributed by atoms with Crippen molar-refractivity contribution in [2.24, 2.45) is 0 Å². The molecule has 0 amide bonds. The van der Waals surface area contributed by atoms with Gasteiger partial charge in [-0.15, -0.1) is 11.3 Å². The van der Waals surface area contributed by atoms with Gasteiger partial charge in [0, 0.05) is 37.2 Å². The minimum Gasteiger partial charge on any atom is -0.310 e. The third kappa shape index (κ3) is 5.37. The van der Waals surface area contributed by atoms with E-state index in [0.29, 0.717) is 0 Å². The average molecular weight is 744 g/mol. The van der Waals surface area contributed by atoms with E-state index in [-0.39, 0.29) is 0 Å². The fraction of sp³-hybridized carbons (Fsp3) is 0.0182. The second kappa shape index (κ2) is 13.6. The van der Waals surface area contributed by atoms with E-state index in [4.69, 9.17) is 0 Å². The maximum absolute atomic E-state index is 2.43. The van der Waals surface area contributed by atoms with Crippen LogP contribution in [0.5, 0.6) is 0 Å². The Morgan fingerprint density at radius 3 is 1.56 bits per heavy atom. The molecule has 11 rings (SSSR count). The molecular weight excluding hydrogens is 707 g/mol. The van der Waals surface area contributed by atoms with Crippen LogP contribution in [0.3, 0.4) is 0 Å². The molecule has 1 aliphatic carbocycles. The first kappa shape index (κ1) is 33.3. The first-order valence-electron chi connectivity index (χ1n) is 19.6. The Morgan fingerprint density at radius 2 is 0.842 bits per heavy atom. The second-order valence-electron chi connectivity index (χ2n) is 14.8. The number of para-hydroxylation sites is 1. The van der Waals surface area contributed by atoms with Crippen molar-refractivity contribution in [1.29, 1.82) is 0 Å². The average Bonchev–Trinajstić information content (AvgIpc) is 3.81. The number of thiophene rings is 1. The minimum atomic E-state index is -0.486. The predicted octanol–water partition coefficient (Wildman–Crippen LogP) is 15.2. The Hall–Kier alpha value is -7.00. The van der Waals surface area contributed by atoms with Crippen molar-refractivity contribution in [3.63, 3.8) is 0 Å². The molecule has 1 aromatic heterocycles. The SMILES string of the molecule is c1ccc(-c2cccc(-c3cccc(N(c4ccccc4)c4ccc5sc6cccc(C7(c8ccccc8)c8ccccc8-c8ccccc87)c6c5c4)c3)c2)cc1. The fourth-order valence-corrected chi connectivity index (χ4v) is 10.4. The summed E-state index contributed by atoms with van der Waals surface area (Å²) < 4.78 is 2.58. The third-order valence-electron chi connectivity index (χ3n) is 11.7. The summed E-state index contributed by atoms with van der Waals surface area (Å²) in [7, 11) is 0. The molecule has 57 heavy (non-hydrogen) atoms. The number of anilines is 3. The highest BCUT2D eigenvalue weighted by Gasteiger charge is 2.47. The van der Waals surface area contributed by atoms with Crippen LogP contribution in [0.4, 0.5) is 17.1 Å². The summed E-state index contributed by atoms with van der Waals surface area (Å²) in [5.41, 5.74) is 15.5. The first-order chi connectivity index (χ1) is 28.3. The number of benzene rings is 9. The number of rotatable bonds is 7. The number of hydrogen-bond donors (Lipinski definition) is 0. The monoisotopic (exact) mass is 743 g/mol. The smallest absolute Gasteiger partial charge is 0.0720 e. The lowest BCUT2D eigenvalue weighted by atomic mass is 9.66. The second-order valence-corrected chi connectivity index (χ2v) is 15.9. The van der Waals surface area contributed by atoms with Crippen LogP contribution in [0.1, 0.15) is 22.3 Å². The van der Waals surface area contributed by atoms with Crippen molar-refractivity contribution in [3.05, 3.63) is 247 Å². The van der Waals surface area contributed by atoms with Gasteiger partial charge in [-0.3, -0.25) is 0 Å². The molecular formula is C55H37NS.